The number of halogens is 1. The van der Waals surface area contributed by atoms with Crippen molar-refractivity contribution in [1.82, 2.24) is 4.90 Å². The normalized spacial score (nSPS) is 16.6. The van der Waals surface area contributed by atoms with Crippen LogP contribution in [0.1, 0.15) is 6.92 Å². The van der Waals surface area contributed by atoms with Gasteiger partial charge in [0, 0.05) is 18.1 Å². The quantitative estimate of drug-likeness (QED) is 0.924. The fourth-order valence-electron chi connectivity index (χ4n) is 2.15. The third-order valence-corrected chi connectivity index (χ3v) is 3.46. The van der Waals surface area contributed by atoms with Gasteiger partial charge in [-0.15, -0.1) is 0 Å². The van der Waals surface area contributed by atoms with Gasteiger partial charge in [0.1, 0.15) is 11.8 Å². The molecule has 1 fully saturated rings. The molecule has 0 radical (unpaired) electrons. The molecule has 0 saturated carbocycles. The number of hydrogen-bond donors (Lipinski definition) is 1. The van der Waals surface area contributed by atoms with Crippen molar-refractivity contribution in [3.63, 3.8) is 0 Å². The lowest BCUT2D eigenvalue weighted by molar-refractivity contribution is -0.135. The molecule has 0 aliphatic carbocycles. The number of carbonyl (C=O) groups excluding carboxylic acids is 1. The van der Waals surface area contributed by atoms with E-state index in [2.05, 4.69) is 5.32 Å². The van der Waals surface area contributed by atoms with Crippen molar-refractivity contribution < 1.29 is 14.3 Å². The van der Waals surface area contributed by atoms with Gasteiger partial charge in [-0.3, -0.25) is 4.79 Å². The smallest absolute Gasteiger partial charge is 0.244 e. The predicted octanol–water partition coefficient (Wildman–Crippen LogP) is 2.01. The summed E-state index contributed by atoms with van der Waals surface area (Å²) in [4.78, 5) is 14.1. The minimum Gasteiger partial charge on any atom is -0.495 e. The van der Waals surface area contributed by atoms with Gasteiger partial charge in [0.15, 0.2) is 0 Å². The number of benzene rings is 1. The molecule has 6 heteroatoms. The van der Waals surface area contributed by atoms with E-state index in [1.54, 1.807) is 30.2 Å². The number of rotatable bonds is 4. The molecule has 1 saturated heterocycles. The SMILES string of the molecule is COc1ccc(Cl)cc1NC(C)C(=O)N1CCOCC1. The molecule has 2 rings (SSSR count). The molecule has 1 aliphatic heterocycles. The standard InChI is InChI=1S/C14H19ClN2O3/c1-10(14(18)17-5-7-20-8-6-17)16-12-9-11(15)3-4-13(12)19-2/h3-4,9-10,16H,5-8H2,1-2H3. The molecule has 1 aliphatic rings. The van der Waals surface area contributed by atoms with Crippen molar-refractivity contribution in [2.75, 3.05) is 38.7 Å². The van der Waals surface area contributed by atoms with Gasteiger partial charge in [0.2, 0.25) is 5.91 Å². The van der Waals surface area contributed by atoms with Gasteiger partial charge in [-0.25, -0.2) is 0 Å². The Morgan fingerprint density at radius 3 is 2.80 bits per heavy atom. The molecule has 1 unspecified atom stereocenters. The maximum atomic E-state index is 12.3. The molecule has 1 amide bonds. The molecule has 1 aromatic rings. The highest BCUT2D eigenvalue weighted by Gasteiger charge is 2.23. The van der Waals surface area contributed by atoms with Crippen molar-refractivity contribution in [3.8, 4) is 5.75 Å². The van der Waals surface area contributed by atoms with Gasteiger partial charge < -0.3 is 19.7 Å². The molecule has 0 bridgehead atoms. The average Bonchev–Trinajstić information content (AvgIpc) is 2.47. The lowest BCUT2D eigenvalue weighted by Gasteiger charge is -2.30. The first kappa shape index (κ1) is 14.9. The fourth-order valence-corrected chi connectivity index (χ4v) is 2.32. The summed E-state index contributed by atoms with van der Waals surface area (Å²) in [5.74, 6) is 0.714. The first-order valence-electron chi connectivity index (χ1n) is 6.58. The molecule has 0 spiro atoms. The van der Waals surface area contributed by atoms with E-state index in [4.69, 9.17) is 21.1 Å². The second-order valence-corrected chi connectivity index (χ2v) is 5.08. The molecule has 1 N–H and O–H groups in total. The van der Waals surface area contributed by atoms with Crippen LogP contribution in [-0.2, 0) is 9.53 Å². The second-order valence-electron chi connectivity index (χ2n) is 4.65. The number of carbonyl (C=O) groups is 1. The van der Waals surface area contributed by atoms with Gasteiger partial charge in [-0.05, 0) is 25.1 Å². The van der Waals surface area contributed by atoms with Crippen LogP contribution in [0.5, 0.6) is 5.75 Å². The Balaban J connectivity index is 2.04. The Labute approximate surface area is 123 Å². The Bertz CT molecular complexity index is 475. The van der Waals surface area contributed by atoms with E-state index < -0.39 is 0 Å². The van der Waals surface area contributed by atoms with Crippen molar-refractivity contribution in [2.45, 2.75) is 13.0 Å². The number of hydrogen-bond acceptors (Lipinski definition) is 4. The number of ether oxygens (including phenoxy) is 2. The molecule has 110 valence electrons. The average molecular weight is 299 g/mol. The lowest BCUT2D eigenvalue weighted by Crippen LogP contribution is -2.47. The van der Waals surface area contributed by atoms with Crippen LogP contribution in [-0.4, -0.2) is 50.3 Å². The third-order valence-electron chi connectivity index (χ3n) is 3.23. The van der Waals surface area contributed by atoms with Crippen LogP contribution in [0.4, 0.5) is 5.69 Å². The van der Waals surface area contributed by atoms with E-state index in [0.717, 1.165) is 0 Å². The number of amides is 1. The minimum absolute atomic E-state index is 0.0512. The molecular weight excluding hydrogens is 280 g/mol. The third kappa shape index (κ3) is 3.55. The second kappa shape index (κ2) is 6.81. The lowest BCUT2D eigenvalue weighted by atomic mass is 10.2. The number of morpholine rings is 1. The number of methoxy groups -OCH3 is 1. The van der Waals surface area contributed by atoms with Gasteiger partial charge in [0.05, 0.1) is 26.0 Å². The van der Waals surface area contributed by atoms with E-state index in [1.807, 2.05) is 6.92 Å². The van der Waals surface area contributed by atoms with E-state index in [0.29, 0.717) is 42.8 Å². The Morgan fingerprint density at radius 2 is 2.15 bits per heavy atom. The summed E-state index contributed by atoms with van der Waals surface area (Å²) in [7, 11) is 1.59. The summed E-state index contributed by atoms with van der Waals surface area (Å²) in [6.45, 7) is 4.30. The molecule has 1 aromatic carbocycles. The zero-order chi connectivity index (χ0) is 14.5. The van der Waals surface area contributed by atoms with Crippen LogP contribution in [0.3, 0.4) is 0 Å². The molecule has 20 heavy (non-hydrogen) atoms. The maximum Gasteiger partial charge on any atom is 0.244 e. The zero-order valence-corrected chi connectivity index (χ0v) is 12.4. The van der Waals surface area contributed by atoms with E-state index in [-0.39, 0.29) is 11.9 Å². The summed E-state index contributed by atoms with van der Waals surface area (Å²) >= 11 is 5.98. The van der Waals surface area contributed by atoms with Gasteiger partial charge in [-0.2, -0.15) is 0 Å². The predicted molar refractivity (Wildman–Crippen MR) is 78.5 cm³/mol. The van der Waals surface area contributed by atoms with Crippen molar-refractivity contribution in [2.24, 2.45) is 0 Å². The monoisotopic (exact) mass is 298 g/mol. The summed E-state index contributed by atoms with van der Waals surface area (Å²) in [5, 5.41) is 3.75. The van der Waals surface area contributed by atoms with Gasteiger partial charge in [0.25, 0.3) is 0 Å². The highest BCUT2D eigenvalue weighted by molar-refractivity contribution is 6.30. The van der Waals surface area contributed by atoms with Crippen LogP contribution in [0, 0.1) is 0 Å². The summed E-state index contributed by atoms with van der Waals surface area (Å²) in [6, 6.07) is 4.93. The van der Waals surface area contributed by atoms with Crippen molar-refractivity contribution in [3.05, 3.63) is 23.2 Å². The first-order chi connectivity index (χ1) is 9.61. The highest BCUT2D eigenvalue weighted by atomic mass is 35.5. The molecule has 5 nitrogen and oxygen atoms in total. The van der Waals surface area contributed by atoms with Crippen molar-refractivity contribution >= 4 is 23.2 Å². The minimum atomic E-state index is -0.347. The Morgan fingerprint density at radius 1 is 1.45 bits per heavy atom. The summed E-state index contributed by atoms with van der Waals surface area (Å²) in [5.41, 5.74) is 0.717. The summed E-state index contributed by atoms with van der Waals surface area (Å²) in [6.07, 6.45) is 0. The highest BCUT2D eigenvalue weighted by Crippen LogP contribution is 2.28. The number of anilines is 1. The summed E-state index contributed by atoms with van der Waals surface area (Å²) < 4.78 is 10.5. The largest absolute Gasteiger partial charge is 0.495 e. The van der Waals surface area contributed by atoms with Crippen molar-refractivity contribution in [1.29, 1.82) is 0 Å². The molecule has 1 heterocycles. The number of nitrogens with zero attached hydrogens (tertiary/aromatic N) is 1. The van der Waals surface area contributed by atoms with Gasteiger partial charge >= 0.3 is 0 Å². The first-order valence-corrected chi connectivity index (χ1v) is 6.96. The zero-order valence-electron chi connectivity index (χ0n) is 11.7. The maximum absolute atomic E-state index is 12.3. The molecule has 1 atom stereocenters. The van der Waals surface area contributed by atoms with Crippen LogP contribution < -0.4 is 10.1 Å². The molecular formula is C14H19ClN2O3. The Hall–Kier alpha value is -1.46. The fraction of sp³-hybridized carbons (Fsp3) is 0.500. The Kier molecular flexibility index (Phi) is 5.09. The topological polar surface area (TPSA) is 50.8 Å². The van der Waals surface area contributed by atoms with Crippen LogP contribution in [0.15, 0.2) is 18.2 Å². The molecule has 0 aromatic heterocycles. The number of nitrogens with one attached hydrogen (secondary N) is 1. The van der Waals surface area contributed by atoms with E-state index in [1.165, 1.54) is 0 Å². The van der Waals surface area contributed by atoms with Crippen LogP contribution in [0.2, 0.25) is 5.02 Å². The van der Waals surface area contributed by atoms with E-state index in [9.17, 15) is 4.79 Å². The van der Waals surface area contributed by atoms with Crippen LogP contribution in [0.25, 0.3) is 0 Å². The van der Waals surface area contributed by atoms with Gasteiger partial charge in [-0.1, -0.05) is 11.6 Å². The van der Waals surface area contributed by atoms with Crippen LogP contribution >= 0.6 is 11.6 Å². The van der Waals surface area contributed by atoms with E-state index >= 15 is 0 Å².